The van der Waals surface area contributed by atoms with Crippen LogP contribution in [0.1, 0.15) is 51.3 Å². The fourth-order valence-corrected chi connectivity index (χ4v) is 2.64. The number of nitrogens with zero attached hydrogens (tertiary/aromatic N) is 2. The fraction of sp³-hybridized carbons (Fsp3) is 0.714. The largest absolute Gasteiger partial charge is 0.367 e. The first-order valence-electron chi connectivity index (χ1n) is 6.76. The van der Waals surface area contributed by atoms with Gasteiger partial charge in [-0.15, -0.1) is 0 Å². The summed E-state index contributed by atoms with van der Waals surface area (Å²) in [5, 5.41) is 3.55. The van der Waals surface area contributed by atoms with E-state index in [1.54, 1.807) is 6.33 Å². The van der Waals surface area contributed by atoms with E-state index in [4.69, 9.17) is 0 Å². The van der Waals surface area contributed by atoms with Crippen LogP contribution in [-0.4, -0.2) is 16.0 Å². The zero-order valence-corrected chi connectivity index (χ0v) is 11.2. The van der Waals surface area contributed by atoms with Crippen molar-refractivity contribution in [2.75, 3.05) is 5.32 Å². The molecule has 1 aromatic rings. The first kappa shape index (κ1) is 12.3. The van der Waals surface area contributed by atoms with Crippen molar-refractivity contribution >= 4 is 5.82 Å². The van der Waals surface area contributed by atoms with Crippen LogP contribution >= 0.6 is 0 Å². The molecule has 1 aliphatic rings. The summed E-state index contributed by atoms with van der Waals surface area (Å²) in [5.41, 5.74) is 2.61. The van der Waals surface area contributed by atoms with Gasteiger partial charge in [-0.05, 0) is 44.9 Å². The number of aromatic nitrogens is 2. The van der Waals surface area contributed by atoms with Crippen LogP contribution in [0, 0.1) is 5.92 Å². The zero-order valence-electron chi connectivity index (χ0n) is 11.2. The third-order valence-corrected chi connectivity index (χ3v) is 3.33. The van der Waals surface area contributed by atoms with Gasteiger partial charge >= 0.3 is 0 Å². The molecule has 1 aliphatic carbocycles. The predicted molar refractivity (Wildman–Crippen MR) is 71.2 cm³/mol. The van der Waals surface area contributed by atoms with Gasteiger partial charge in [-0.25, -0.2) is 9.97 Å². The quantitative estimate of drug-likeness (QED) is 0.867. The van der Waals surface area contributed by atoms with E-state index >= 15 is 0 Å². The van der Waals surface area contributed by atoms with Crippen LogP contribution in [0.5, 0.6) is 0 Å². The normalized spacial score (nSPS) is 16.7. The van der Waals surface area contributed by atoms with Gasteiger partial charge in [-0.1, -0.05) is 13.8 Å². The first-order chi connectivity index (χ1) is 8.16. The van der Waals surface area contributed by atoms with Crippen molar-refractivity contribution < 1.29 is 0 Å². The molecule has 0 saturated heterocycles. The van der Waals surface area contributed by atoms with Crippen LogP contribution in [0.3, 0.4) is 0 Å². The summed E-state index contributed by atoms with van der Waals surface area (Å²) in [6.45, 7) is 6.75. The molecular weight excluding hydrogens is 210 g/mol. The maximum Gasteiger partial charge on any atom is 0.133 e. The maximum atomic E-state index is 4.42. The van der Waals surface area contributed by atoms with E-state index < -0.39 is 0 Å². The van der Waals surface area contributed by atoms with Gasteiger partial charge in [0.1, 0.15) is 12.1 Å². The highest BCUT2D eigenvalue weighted by atomic mass is 15.0. The number of hydrogen-bond donors (Lipinski definition) is 1. The van der Waals surface area contributed by atoms with E-state index in [0.29, 0.717) is 6.04 Å². The molecule has 0 bridgehead atoms. The Morgan fingerprint density at radius 3 is 2.71 bits per heavy atom. The smallest absolute Gasteiger partial charge is 0.133 e. The molecule has 0 aliphatic heterocycles. The monoisotopic (exact) mass is 233 g/mol. The van der Waals surface area contributed by atoms with Gasteiger partial charge in [-0.3, -0.25) is 0 Å². The molecular formula is C14H23N3. The molecule has 0 fully saturated rings. The summed E-state index contributed by atoms with van der Waals surface area (Å²) >= 11 is 0. The first-order valence-corrected chi connectivity index (χ1v) is 6.76. The number of nitrogens with one attached hydrogen (secondary N) is 1. The average Bonchev–Trinajstić information content (AvgIpc) is 2.28. The summed E-state index contributed by atoms with van der Waals surface area (Å²) < 4.78 is 0. The Bertz CT molecular complexity index is 374. The Morgan fingerprint density at radius 1 is 1.18 bits per heavy atom. The maximum absolute atomic E-state index is 4.42. The molecule has 0 saturated carbocycles. The predicted octanol–water partition coefficient (Wildman–Crippen LogP) is 3.20. The van der Waals surface area contributed by atoms with Crippen molar-refractivity contribution in [2.24, 2.45) is 5.92 Å². The minimum absolute atomic E-state index is 0.482. The molecule has 1 heterocycles. The van der Waals surface area contributed by atoms with Crippen molar-refractivity contribution in [3.63, 3.8) is 0 Å². The number of fused-ring (bicyclic) bond motifs is 1. The van der Waals surface area contributed by atoms with Crippen LogP contribution in [0.25, 0.3) is 0 Å². The lowest BCUT2D eigenvalue weighted by atomic mass is 9.96. The summed E-state index contributed by atoms with van der Waals surface area (Å²) in [4.78, 5) is 8.81. The Hall–Kier alpha value is -1.12. The highest BCUT2D eigenvalue weighted by molar-refractivity contribution is 5.47. The number of aryl methyl sites for hydroxylation is 1. The van der Waals surface area contributed by atoms with Crippen LogP contribution in [-0.2, 0) is 12.8 Å². The molecule has 3 heteroatoms. The lowest BCUT2D eigenvalue weighted by Gasteiger charge is -2.22. The van der Waals surface area contributed by atoms with Crippen molar-refractivity contribution in [1.29, 1.82) is 0 Å². The second kappa shape index (κ2) is 5.48. The Labute approximate surface area is 104 Å². The van der Waals surface area contributed by atoms with Crippen molar-refractivity contribution in [1.82, 2.24) is 9.97 Å². The minimum Gasteiger partial charge on any atom is -0.367 e. The second-order valence-electron chi connectivity index (χ2n) is 5.53. The molecule has 0 radical (unpaired) electrons. The van der Waals surface area contributed by atoms with Gasteiger partial charge in [0.05, 0.1) is 0 Å². The van der Waals surface area contributed by atoms with Crippen LogP contribution in [0.2, 0.25) is 0 Å². The highest BCUT2D eigenvalue weighted by Crippen LogP contribution is 2.25. The molecule has 94 valence electrons. The molecule has 1 atom stereocenters. The van der Waals surface area contributed by atoms with E-state index in [1.165, 1.54) is 30.5 Å². The number of hydrogen-bond acceptors (Lipinski definition) is 3. The fourth-order valence-electron chi connectivity index (χ4n) is 2.64. The van der Waals surface area contributed by atoms with E-state index in [0.717, 1.165) is 24.6 Å². The summed E-state index contributed by atoms with van der Waals surface area (Å²) in [6.07, 6.45) is 7.67. The van der Waals surface area contributed by atoms with Crippen LogP contribution in [0.4, 0.5) is 5.82 Å². The third-order valence-electron chi connectivity index (χ3n) is 3.33. The van der Waals surface area contributed by atoms with Gasteiger partial charge in [0.2, 0.25) is 0 Å². The Balaban J connectivity index is 2.10. The van der Waals surface area contributed by atoms with Crippen molar-refractivity contribution in [3.8, 4) is 0 Å². The van der Waals surface area contributed by atoms with Gasteiger partial charge < -0.3 is 5.32 Å². The average molecular weight is 233 g/mol. The molecule has 0 amide bonds. The molecule has 3 nitrogen and oxygen atoms in total. The zero-order chi connectivity index (χ0) is 12.3. The molecule has 1 N–H and O–H groups in total. The van der Waals surface area contributed by atoms with E-state index in [1.807, 2.05) is 0 Å². The molecule has 17 heavy (non-hydrogen) atoms. The Kier molecular flexibility index (Phi) is 3.97. The van der Waals surface area contributed by atoms with Gasteiger partial charge in [-0.2, -0.15) is 0 Å². The van der Waals surface area contributed by atoms with E-state index in [-0.39, 0.29) is 0 Å². The molecule has 1 unspecified atom stereocenters. The standard InChI is InChI=1S/C14H23N3/c1-10(2)8-11(3)17-14-12-6-4-5-7-13(12)15-9-16-14/h9-11H,4-8H2,1-3H3,(H,15,16,17). The lowest BCUT2D eigenvalue weighted by molar-refractivity contribution is 0.537. The summed E-state index contributed by atoms with van der Waals surface area (Å²) in [5.74, 6) is 1.79. The Morgan fingerprint density at radius 2 is 1.94 bits per heavy atom. The third kappa shape index (κ3) is 3.18. The molecule has 0 spiro atoms. The van der Waals surface area contributed by atoms with Gasteiger partial charge in [0.15, 0.2) is 0 Å². The van der Waals surface area contributed by atoms with Crippen LogP contribution in [0.15, 0.2) is 6.33 Å². The molecule has 0 aromatic carbocycles. The van der Waals surface area contributed by atoms with Crippen LogP contribution < -0.4 is 5.32 Å². The highest BCUT2D eigenvalue weighted by Gasteiger charge is 2.16. The number of anilines is 1. The lowest BCUT2D eigenvalue weighted by Crippen LogP contribution is -2.21. The van der Waals surface area contributed by atoms with Gasteiger partial charge in [0.25, 0.3) is 0 Å². The van der Waals surface area contributed by atoms with Crippen molar-refractivity contribution in [2.45, 2.75) is 58.9 Å². The second-order valence-corrected chi connectivity index (χ2v) is 5.53. The number of rotatable bonds is 4. The summed E-state index contributed by atoms with van der Waals surface area (Å²) in [6, 6.07) is 0.482. The van der Waals surface area contributed by atoms with Crippen molar-refractivity contribution in [3.05, 3.63) is 17.6 Å². The topological polar surface area (TPSA) is 37.8 Å². The minimum atomic E-state index is 0.482. The van der Waals surface area contributed by atoms with E-state index in [2.05, 4.69) is 36.1 Å². The van der Waals surface area contributed by atoms with E-state index in [9.17, 15) is 0 Å². The summed E-state index contributed by atoms with van der Waals surface area (Å²) in [7, 11) is 0. The molecule has 1 aromatic heterocycles. The molecule has 2 rings (SSSR count). The van der Waals surface area contributed by atoms with Gasteiger partial charge in [0, 0.05) is 17.3 Å². The SMILES string of the molecule is CC(C)CC(C)Nc1ncnc2c1CCCC2.